The second kappa shape index (κ2) is 11.8. The molecule has 3 aromatic rings. The highest BCUT2D eigenvalue weighted by molar-refractivity contribution is 7.92. The molecule has 3 rings (SSSR count). The van der Waals surface area contributed by atoms with Gasteiger partial charge in [0.05, 0.1) is 11.3 Å². The molecule has 5 nitrogen and oxygen atoms in total. The van der Waals surface area contributed by atoms with E-state index in [0.29, 0.717) is 17.1 Å². The van der Waals surface area contributed by atoms with Crippen LogP contribution in [-0.4, -0.2) is 20.1 Å². The number of aryl methyl sites for hydroxylation is 1. The minimum Gasteiger partial charge on any atom is -0.322 e. The number of sulfonamides is 1. The van der Waals surface area contributed by atoms with E-state index in [-0.39, 0.29) is 28.8 Å². The molecule has 204 valence electrons. The van der Waals surface area contributed by atoms with Gasteiger partial charge in [0.1, 0.15) is 0 Å². The lowest BCUT2D eigenvalue weighted by atomic mass is 9.92. The molecule has 0 bridgehead atoms. The van der Waals surface area contributed by atoms with Crippen LogP contribution < -0.4 is 10.0 Å². The highest BCUT2D eigenvalue weighted by atomic mass is 35.5. The second-order valence-electron chi connectivity index (χ2n) is 9.61. The molecule has 1 amide bonds. The largest absolute Gasteiger partial charge is 0.416 e. The van der Waals surface area contributed by atoms with Crippen LogP contribution in [0.5, 0.6) is 0 Å². The number of hydrogen-bond donors (Lipinski definition) is 2. The van der Waals surface area contributed by atoms with Crippen molar-refractivity contribution in [3.05, 3.63) is 93.5 Å². The smallest absolute Gasteiger partial charge is 0.322 e. The van der Waals surface area contributed by atoms with Gasteiger partial charge in [-0.25, -0.2) is 8.42 Å². The highest BCUT2D eigenvalue weighted by Gasteiger charge is 2.30. The summed E-state index contributed by atoms with van der Waals surface area (Å²) in [6.07, 6.45) is -4.23. The van der Waals surface area contributed by atoms with E-state index in [0.717, 1.165) is 28.8 Å². The Balaban J connectivity index is 1.70. The van der Waals surface area contributed by atoms with E-state index in [4.69, 9.17) is 11.6 Å². The average molecular weight is 567 g/mol. The third kappa shape index (κ3) is 7.74. The maximum atomic E-state index is 13.0. The summed E-state index contributed by atoms with van der Waals surface area (Å²) >= 11 is 6.20. The summed E-state index contributed by atoms with van der Waals surface area (Å²) in [7, 11) is -3.65. The SMILES string of the molecule is Cc1ccc(C(=O)Nc2cccc(C(F)(F)F)c2)cc1C(C)CCS(=O)(=O)Nc1ccc(Cl)c(C(C)C)c1. The van der Waals surface area contributed by atoms with Gasteiger partial charge < -0.3 is 5.32 Å². The van der Waals surface area contributed by atoms with Crippen LogP contribution in [0.1, 0.15) is 71.6 Å². The summed E-state index contributed by atoms with van der Waals surface area (Å²) in [5.41, 5.74) is 2.37. The maximum Gasteiger partial charge on any atom is 0.416 e. The Bertz CT molecular complexity index is 1420. The first-order valence-corrected chi connectivity index (χ1v) is 14.1. The van der Waals surface area contributed by atoms with Gasteiger partial charge in [0, 0.05) is 22.0 Å². The van der Waals surface area contributed by atoms with Crippen molar-refractivity contribution in [2.45, 2.75) is 52.1 Å². The third-order valence-electron chi connectivity index (χ3n) is 6.23. The lowest BCUT2D eigenvalue weighted by Crippen LogP contribution is -2.19. The molecule has 0 spiro atoms. The number of carbonyl (C=O) groups excluding carboxylic acids is 1. The molecule has 38 heavy (non-hydrogen) atoms. The van der Waals surface area contributed by atoms with E-state index in [1.807, 2.05) is 27.7 Å². The van der Waals surface area contributed by atoms with Gasteiger partial charge in [0.25, 0.3) is 5.91 Å². The standard InChI is InChI=1S/C28H30ClF3N2O3S/c1-17(2)24-16-23(10-11-26(24)29)34-38(36,37)13-12-19(4)25-14-20(9-8-18(25)3)27(35)33-22-7-5-6-21(15-22)28(30,31)32/h5-11,14-17,19,34H,12-13H2,1-4H3,(H,33,35). The van der Waals surface area contributed by atoms with Crippen molar-refractivity contribution < 1.29 is 26.4 Å². The first-order chi connectivity index (χ1) is 17.7. The van der Waals surface area contributed by atoms with Crippen molar-refractivity contribution in [2.75, 3.05) is 15.8 Å². The normalized spacial score (nSPS) is 12.9. The molecule has 0 aromatic heterocycles. The summed E-state index contributed by atoms with van der Waals surface area (Å²) in [6, 6.07) is 14.4. The molecule has 0 saturated carbocycles. The van der Waals surface area contributed by atoms with Gasteiger partial charge >= 0.3 is 6.18 Å². The first-order valence-electron chi connectivity index (χ1n) is 12.1. The van der Waals surface area contributed by atoms with Gasteiger partial charge in [-0.15, -0.1) is 0 Å². The van der Waals surface area contributed by atoms with E-state index in [1.165, 1.54) is 12.1 Å². The quantitative estimate of drug-likeness (QED) is 0.276. The fourth-order valence-electron chi connectivity index (χ4n) is 4.06. The van der Waals surface area contributed by atoms with E-state index in [9.17, 15) is 26.4 Å². The molecule has 0 fully saturated rings. The lowest BCUT2D eigenvalue weighted by Gasteiger charge is -2.17. The van der Waals surface area contributed by atoms with Crippen molar-refractivity contribution in [1.82, 2.24) is 0 Å². The van der Waals surface area contributed by atoms with Gasteiger partial charge in [-0.2, -0.15) is 13.2 Å². The van der Waals surface area contributed by atoms with Crippen molar-refractivity contribution in [3.8, 4) is 0 Å². The number of benzene rings is 3. The number of hydrogen-bond acceptors (Lipinski definition) is 3. The number of halogens is 4. The first kappa shape index (κ1) is 29.5. The van der Waals surface area contributed by atoms with Gasteiger partial charge in [-0.3, -0.25) is 9.52 Å². The minimum atomic E-state index is -4.52. The molecule has 10 heteroatoms. The fourth-order valence-corrected chi connectivity index (χ4v) is 5.64. The average Bonchev–Trinajstić information content (AvgIpc) is 2.83. The molecule has 0 heterocycles. The predicted octanol–water partition coefficient (Wildman–Crippen LogP) is 7.98. The molecule has 0 saturated heterocycles. The van der Waals surface area contributed by atoms with Crippen molar-refractivity contribution in [1.29, 1.82) is 0 Å². The van der Waals surface area contributed by atoms with Crippen LogP contribution in [0.25, 0.3) is 0 Å². The lowest BCUT2D eigenvalue weighted by molar-refractivity contribution is -0.137. The number of anilines is 2. The number of amides is 1. The van der Waals surface area contributed by atoms with Crippen molar-refractivity contribution >= 4 is 38.9 Å². The monoisotopic (exact) mass is 566 g/mol. The van der Waals surface area contributed by atoms with Crippen LogP contribution in [0, 0.1) is 6.92 Å². The van der Waals surface area contributed by atoms with E-state index in [2.05, 4.69) is 10.0 Å². The number of nitrogens with one attached hydrogen (secondary N) is 2. The summed E-state index contributed by atoms with van der Waals surface area (Å²) < 4.78 is 67.1. The van der Waals surface area contributed by atoms with E-state index < -0.39 is 27.7 Å². The van der Waals surface area contributed by atoms with Crippen LogP contribution in [-0.2, 0) is 16.2 Å². The molecule has 1 unspecified atom stereocenters. The van der Waals surface area contributed by atoms with Gasteiger partial charge in [-0.05, 0) is 90.4 Å². The van der Waals surface area contributed by atoms with Crippen molar-refractivity contribution in [3.63, 3.8) is 0 Å². The minimum absolute atomic E-state index is 0.0278. The molecule has 3 aromatic carbocycles. The zero-order valence-electron chi connectivity index (χ0n) is 21.5. The summed E-state index contributed by atoms with van der Waals surface area (Å²) in [6.45, 7) is 7.66. The highest BCUT2D eigenvalue weighted by Crippen LogP contribution is 2.31. The second-order valence-corrected chi connectivity index (χ2v) is 11.9. The van der Waals surface area contributed by atoms with Crippen molar-refractivity contribution in [2.24, 2.45) is 0 Å². The fraction of sp³-hybridized carbons (Fsp3) is 0.321. The van der Waals surface area contributed by atoms with Crippen LogP contribution >= 0.6 is 11.6 Å². The summed E-state index contributed by atoms with van der Waals surface area (Å²) in [5.74, 6) is -0.776. The molecule has 0 aliphatic carbocycles. The molecule has 2 N–H and O–H groups in total. The van der Waals surface area contributed by atoms with Gasteiger partial charge in [0.15, 0.2) is 0 Å². The van der Waals surface area contributed by atoms with Gasteiger partial charge in [-0.1, -0.05) is 44.5 Å². The Morgan fingerprint density at radius 3 is 2.32 bits per heavy atom. The Hall–Kier alpha value is -3.04. The molecular weight excluding hydrogens is 537 g/mol. The van der Waals surface area contributed by atoms with Crippen LogP contribution in [0.4, 0.5) is 24.5 Å². The molecule has 1 atom stereocenters. The molecule has 0 aliphatic heterocycles. The number of alkyl halides is 3. The Kier molecular flexibility index (Phi) is 9.15. The zero-order valence-corrected chi connectivity index (χ0v) is 23.1. The third-order valence-corrected chi connectivity index (χ3v) is 7.90. The number of carbonyl (C=O) groups is 1. The Morgan fingerprint density at radius 1 is 0.947 bits per heavy atom. The molecular formula is C28H30ClF3N2O3S. The molecule has 0 radical (unpaired) electrons. The predicted molar refractivity (Wildman–Crippen MR) is 147 cm³/mol. The Morgan fingerprint density at radius 2 is 1.66 bits per heavy atom. The van der Waals surface area contributed by atoms with E-state index >= 15 is 0 Å². The summed E-state index contributed by atoms with van der Waals surface area (Å²) in [5, 5.41) is 3.08. The maximum absolute atomic E-state index is 13.0. The Labute approximate surface area is 226 Å². The van der Waals surface area contributed by atoms with Gasteiger partial charge in [0.2, 0.25) is 10.0 Å². The number of rotatable bonds is 9. The van der Waals surface area contributed by atoms with Crippen LogP contribution in [0.3, 0.4) is 0 Å². The zero-order chi connectivity index (χ0) is 28.3. The van der Waals surface area contributed by atoms with Crippen LogP contribution in [0.15, 0.2) is 60.7 Å². The molecule has 0 aliphatic rings. The van der Waals surface area contributed by atoms with E-state index in [1.54, 1.807) is 36.4 Å². The van der Waals surface area contributed by atoms with Crippen LogP contribution in [0.2, 0.25) is 5.02 Å². The topological polar surface area (TPSA) is 75.3 Å². The summed E-state index contributed by atoms with van der Waals surface area (Å²) in [4.78, 5) is 12.8.